The van der Waals surface area contributed by atoms with E-state index in [2.05, 4.69) is 13.0 Å². The van der Waals surface area contributed by atoms with E-state index in [1.807, 2.05) is 6.07 Å². The Morgan fingerprint density at radius 2 is 1.47 bits per heavy atom. The van der Waals surface area contributed by atoms with Crippen molar-refractivity contribution in [2.45, 2.75) is 158 Å². The molecule has 7 atom stereocenters. The Morgan fingerprint density at radius 1 is 0.863 bits per heavy atom. The van der Waals surface area contributed by atoms with Gasteiger partial charge >= 0.3 is 29.9 Å². The Labute approximate surface area is 293 Å². The quantitative estimate of drug-likeness (QED) is 0.110. The summed E-state index contributed by atoms with van der Waals surface area (Å²) in [5.74, 6) is -19.7. The number of carbonyl (C=O) groups is 1. The molecule has 0 heterocycles. The lowest BCUT2D eigenvalue weighted by Gasteiger charge is -2.54. The monoisotopic (exact) mass is 742 g/mol. The van der Waals surface area contributed by atoms with Crippen LogP contribution in [0.3, 0.4) is 0 Å². The Kier molecular flexibility index (Phi) is 11.4. The predicted octanol–water partition coefficient (Wildman–Crippen LogP) is 11.1. The molecule has 0 aliphatic heterocycles. The first-order chi connectivity index (χ1) is 23.7. The van der Waals surface area contributed by atoms with Gasteiger partial charge in [0, 0.05) is 11.8 Å². The van der Waals surface area contributed by atoms with Gasteiger partial charge in [-0.25, -0.2) is 0 Å². The van der Waals surface area contributed by atoms with Gasteiger partial charge in [0.2, 0.25) is 0 Å². The van der Waals surface area contributed by atoms with Gasteiger partial charge in [-0.2, -0.15) is 39.5 Å². The van der Waals surface area contributed by atoms with Crippen LogP contribution >= 0.6 is 0 Å². The van der Waals surface area contributed by atoms with E-state index in [-0.39, 0.29) is 29.1 Å². The number of unbranched alkanes of at least 4 members (excludes halogenated alkanes) is 6. The molecule has 5 unspecified atom stereocenters. The fourth-order valence-corrected chi connectivity index (χ4v) is 10.5. The number of hydrogen-bond acceptors (Lipinski definition) is 3. The van der Waals surface area contributed by atoms with E-state index in [1.165, 1.54) is 11.1 Å². The van der Waals surface area contributed by atoms with Gasteiger partial charge in [0.05, 0.1) is 12.0 Å². The van der Waals surface area contributed by atoms with Gasteiger partial charge < -0.3 is 15.3 Å². The number of aliphatic hydroxyl groups is 1. The minimum atomic E-state index is -6.94. The summed E-state index contributed by atoms with van der Waals surface area (Å²) >= 11 is 0. The van der Waals surface area contributed by atoms with E-state index in [9.17, 15) is 59.6 Å². The Bertz CT molecular complexity index is 1380. The maximum Gasteiger partial charge on any atom is 0.460 e. The topological polar surface area (TPSA) is 77.8 Å². The summed E-state index contributed by atoms with van der Waals surface area (Å²) < 4.78 is 118. The third-order valence-corrected chi connectivity index (χ3v) is 13.5. The van der Waals surface area contributed by atoms with Gasteiger partial charge in [-0.3, -0.25) is 4.79 Å². The van der Waals surface area contributed by atoms with E-state index in [0.717, 1.165) is 77.0 Å². The summed E-state index contributed by atoms with van der Waals surface area (Å²) in [6, 6.07) is 5.81. The molecular weight excluding hydrogens is 691 g/mol. The Morgan fingerprint density at radius 3 is 2.08 bits per heavy atom. The number of halogens is 9. The summed E-state index contributed by atoms with van der Waals surface area (Å²) in [7, 11) is 0. The third-order valence-electron chi connectivity index (χ3n) is 13.5. The second-order valence-corrected chi connectivity index (χ2v) is 16.3. The molecule has 4 aliphatic rings. The predicted molar refractivity (Wildman–Crippen MR) is 172 cm³/mol. The fourth-order valence-electron chi connectivity index (χ4n) is 10.5. The van der Waals surface area contributed by atoms with Crippen LogP contribution < -0.4 is 0 Å². The van der Waals surface area contributed by atoms with Gasteiger partial charge in [-0.05, 0) is 117 Å². The van der Waals surface area contributed by atoms with Crippen molar-refractivity contribution in [1.29, 1.82) is 0 Å². The van der Waals surface area contributed by atoms with Gasteiger partial charge in [-0.15, -0.1) is 0 Å². The first kappa shape index (κ1) is 40.0. The number of phenolic OH excluding ortho intramolecular Hbond substituents is 1. The van der Waals surface area contributed by atoms with Crippen LogP contribution in [0.15, 0.2) is 18.2 Å². The van der Waals surface area contributed by atoms with Crippen molar-refractivity contribution in [1.82, 2.24) is 0 Å². The van der Waals surface area contributed by atoms with Crippen LogP contribution in [0.2, 0.25) is 0 Å². The number of aliphatic hydroxyl groups excluding tert-OH is 1. The number of carboxylic acid groups (broad SMARTS) is 1. The van der Waals surface area contributed by atoms with Crippen molar-refractivity contribution in [2.24, 2.45) is 34.5 Å². The third kappa shape index (κ3) is 7.36. The highest BCUT2D eigenvalue weighted by Crippen LogP contribution is 2.76. The molecule has 0 saturated heterocycles. The van der Waals surface area contributed by atoms with Crippen molar-refractivity contribution < 1.29 is 59.6 Å². The summed E-state index contributed by atoms with van der Waals surface area (Å²) in [6.45, 7) is 2.42. The van der Waals surface area contributed by atoms with E-state index < -0.39 is 55.1 Å². The van der Waals surface area contributed by atoms with Crippen LogP contribution in [0.25, 0.3) is 0 Å². The van der Waals surface area contributed by atoms with Gasteiger partial charge in [-0.1, -0.05) is 57.9 Å². The summed E-state index contributed by atoms with van der Waals surface area (Å²) in [4.78, 5) is 11.6. The fraction of sp³-hybridized carbons (Fsp3) is 0.816. The number of aromatic hydroxyl groups is 1. The van der Waals surface area contributed by atoms with E-state index in [4.69, 9.17) is 0 Å². The molecule has 13 heteroatoms. The number of alkyl halides is 9. The van der Waals surface area contributed by atoms with Gasteiger partial charge in [0.1, 0.15) is 5.75 Å². The van der Waals surface area contributed by atoms with Crippen LogP contribution in [0, 0.1) is 34.5 Å². The lowest BCUT2D eigenvalue weighted by atomic mass is 9.50. The van der Waals surface area contributed by atoms with Crippen molar-refractivity contribution >= 4 is 5.97 Å². The zero-order chi connectivity index (χ0) is 37.6. The minimum Gasteiger partial charge on any atom is -0.508 e. The largest absolute Gasteiger partial charge is 0.508 e. The minimum absolute atomic E-state index is 0.0489. The van der Waals surface area contributed by atoms with Gasteiger partial charge in [0.15, 0.2) is 0 Å². The molecule has 3 N–H and O–H groups in total. The van der Waals surface area contributed by atoms with E-state index >= 15 is 0 Å². The first-order valence-corrected chi connectivity index (χ1v) is 18.6. The summed E-state index contributed by atoms with van der Waals surface area (Å²) in [6.07, 6.45) is 2.52. The number of carboxylic acids is 1. The Hall–Kier alpha value is -2.18. The number of rotatable bonds is 17. The number of benzene rings is 1. The zero-order valence-corrected chi connectivity index (χ0v) is 29.1. The summed E-state index contributed by atoms with van der Waals surface area (Å²) in [5.41, 5.74) is 2.84. The molecule has 290 valence electrons. The van der Waals surface area contributed by atoms with Crippen LogP contribution in [0.5, 0.6) is 5.75 Å². The number of aliphatic carboxylic acids is 1. The maximum absolute atomic E-state index is 13.8. The summed E-state index contributed by atoms with van der Waals surface area (Å²) in [5, 5.41) is 30.8. The maximum atomic E-state index is 13.8. The first-order valence-electron chi connectivity index (χ1n) is 18.6. The standard InChI is InChI=1S/C38H51F9O4/c1-33-17-15-28-27-14-13-26(48)21-25(27)20-24(31(28)29(33)22-30(49)34(33)18-19-34)11-8-6-4-2-3-5-7-10-23(32(50)51)12-9-16-35(39,40)36(41,42)37(43,44)38(45,46)47/h13-14,21,23-24,28-31,48-49H,2-12,15-20,22H2,1H3,(H,50,51)/t23?,24?,28?,29?,30-,31?,33+/m1/s1. The van der Waals surface area contributed by atoms with Crippen molar-refractivity contribution in [3.63, 3.8) is 0 Å². The van der Waals surface area contributed by atoms with Crippen molar-refractivity contribution in [3.05, 3.63) is 29.3 Å². The molecule has 3 saturated carbocycles. The second kappa shape index (κ2) is 14.6. The molecule has 1 spiro atoms. The molecule has 1 aromatic carbocycles. The van der Waals surface area contributed by atoms with E-state index in [0.29, 0.717) is 36.5 Å². The lowest BCUT2D eigenvalue weighted by Crippen LogP contribution is -2.60. The van der Waals surface area contributed by atoms with Crippen LogP contribution in [-0.4, -0.2) is 51.3 Å². The molecule has 4 nitrogen and oxygen atoms in total. The second-order valence-electron chi connectivity index (χ2n) is 16.3. The SMILES string of the molecule is C[C@]12CCC3c4ccc(O)cc4CC(CCCCCCCCCC(CCCC(F)(F)C(F)(F)C(F)(F)C(F)(F)F)C(=O)O)C3C1C[C@@H](O)C21CC1. The molecule has 0 radical (unpaired) electrons. The number of hydrogen-bond donors (Lipinski definition) is 3. The van der Waals surface area contributed by atoms with Crippen LogP contribution in [-0.2, 0) is 11.2 Å². The number of fused-ring (bicyclic) bond motifs is 6. The van der Waals surface area contributed by atoms with Gasteiger partial charge in [0.25, 0.3) is 0 Å². The van der Waals surface area contributed by atoms with Crippen molar-refractivity contribution in [2.75, 3.05) is 0 Å². The average Bonchev–Trinajstić information content (AvgIpc) is 3.82. The molecule has 0 amide bonds. The molecule has 0 aromatic heterocycles. The molecule has 51 heavy (non-hydrogen) atoms. The highest BCUT2D eigenvalue weighted by atomic mass is 19.4. The molecule has 5 rings (SSSR count). The molecule has 1 aromatic rings. The zero-order valence-electron chi connectivity index (χ0n) is 29.1. The lowest BCUT2D eigenvalue weighted by molar-refractivity contribution is -0.396. The normalized spacial score (nSPS) is 29.4. The molecular formula is C38H51F9O4. The average molecular weight is 743 g/mol. The number of phenols is 1. The Balaban J connectivity index is 1.04. The van der Waals surface area contributed by atoms with Crippen LogP contribution in [0.4, 0.5) is 39.5 Å². The van der Waals surface area contributed by atoms with E-state index in [1.54, 1.807) is 6.07 Å². The smallest absolute Gasteiger partial charge is 0.460 e. The highest BCUT2D eigenvalue weighted by molar-refractivity contribution is 5.69. The van der Waals surface area contributed by atoms with Crippen molar-refractivity contribution in [3.8, 4) is 5.75 Å². The highest BCUT2D eigenvalue weighted by Gasteiger charge is 2.81. The van der Waals surface area contributed by atoms with Crippen LogP contribution in [0.1, 0.15) is 133 Å². The molecule has 4 aliphatic carbocycles. The molecule has 0 bridgehead atoms. The molecule has 3 fully saturated rings.